The highest BCUT2D eigenvalue weighted by Crippen LogP contribution is 2.28. The van der Waals surface area contributed by atoms with Crippen LogP contribution in [0.5, 0.6) is 0 Å². The average molecular weight is 409 g/mol. The highest BCUT2D eigenvalue weighted by Gasteiger charge is 2.30. The van der Waals surface area contributed by atoms with Crippen molar-refractivity contribution in [1.29, 1.82) is 0 Å². The molecule has 2 rings (SSSR count). The maximum atomic E-state index is 12.4. The lowest BCUT2D eigenvalue weighted by Gasteiger charge is -2.38. The summed E-state index contributed by atoms with van der Waals surface area (Å²) in [5.74, 6) is 1.62. The Hall–Kier alpha value is -1.34. The van der Waals surface area contributed by atoms with Crippen molar-refractivity contribution in [3.05, 3.63) is 0 Å². The van der Waals surface area contributed by atoms with Gasteiger partial charge in [-0.3, -0.25) is 19.6 Å². The summed E-state index contributed by atoms with van der Waals surface area (Å²) in [7, 11) is 0. The molecule has 0 aromatic heterocycles. The summed E-state index contributed by atoms with van der Waals surface area (Å²) in [5, 5.41) is 6.82. The lowest BCUT2D eigenvalue weighted by molar-refractivity contribution is -0.139. The summed E-state index contributed by atoms with van der Waals surface area (Å²) in [6, 6.07) is 1.09. The fourth-order valence-electron chi connectivity index (χ4n) is 4.17. The minimum Gasteiger partial charge on any atom is -0.357 e. The molecule has 1 heterocycles. The Morgan fingerprint density at radius 1 is 1.07 bits per heavy atom. The van der Waals surface area contributed by atoms with E-state index in [0.29, 0.717) is 23.9 Å². The summed E-state index contributed by atoms with van der Waals surface area (Å²) in [5.41, 5.74) is 0. The van der Waals surface area contributed by atoms with E-state index in [0.717, 1.165) is 77.7 Å². The van der Waals surface area contributed by atoms with Gasteiger partial charge in [-0.1, -0.05) is 6.42 Å². The molecule has 1 saturated heterocycles. The van der Waals surface area contributed by atoms with E-state index in [2.05, 4.69) is 60.0 Å². The number of rotatable bonds is 10. The van der Waals surface area contributed by atoms with Crippen LogP contribution in [-0.2, 0) is 4.79 Å². The van der Waals surface area contributed by atoms with Crippen LogP contribution in [0.15, 0.2) is 4.99 Å². The molecule has 0 atom stereocenters. The number of carbonyl (C=O) groups is 1. The van der Waals surface area contributed by atoms with Gasteiger partial charge in [0.2, 0.25) is 5.91 Å². The van der Waals surface area contributed by atoms with Crippen molar-refractivity contribution in [1.82, 2.24) is 25.3 Å². The van der Waals surface area contributed by atoms with Gasteiger partial charge in [0.05, 0.1) is 6.54 Å². The van der Waals surface area contributed by atoms with Crippen molar-refractivity contribution in [3.63, 3.8) is 0 Å². The van der Waals surface area contributed by atoms with Gasteiger partial charge in [-0.25, -0.2) is 0 Å². The first-order valence-electron chi connectivity index (χ1n) is 11.7. The van der Waals surface area contributed by atoms with Gasteiger partial charge in [0, 0.05) is 70.4 Å². The molecule has 168 valence electrons. The Morgan fingerprint density at radius 3 is 2.24 bits per heavy atom. The highest BCUT2D eigenvalue weighted by molar-refractivity contribution is 5.80. The average Bonchev–Trinajstić information content (AvgIpc) is 2.63. The molecule has 2 N–H and O–H groups in total. The molecule has 2 fully saturated rings. The number of hydrogen-bond donors (Lipinski definition) is 2. The molecule has 1 amide bonds. The Kier molecular flexibility index (Phi) is 10.2. The number of nitrogens with zero attached hydrogens (tertiary/aromatic N) is 4. The second-order valence-electron chi connectivity index (χ2n) is 8.91. The van der Waals surface area contributed by atoms with Gasteiger partial charge in [-0.15, -0.1) is 0 Å². The zero-order valence-electron chi connectivity index (χ0n) is 19.4. The standard InChI is InChI=1S/C22H44N6O/c1-6-23-22(25-11-13-28(18(2)3)19(4)5)24-10-12-26-14-16-27(17-15-26)21(29)20-8-7-9-20/h18-20H,6-17H2,1-5H3,(H2,23,24,25). The molecule has 0 unspecified atom stereocenters. The molecule has 1 saturated carbocycles. The van der Waals surface area contributed by atoms with Crippen LogP contribution in [0, 0.1) is 5.92 Å². The van der Waals surface area contributed by atoms with E-state index < -0.39 is 0 Å². The van der Waals surface area contributed by atoms with Gasteiger partial charge in [0.25, 0.3) is 0 Å². The van der Waals surface area contributed by atoms with Crippen LogP contribution >= 0.6 is 0 Å². The monoisotopic (exact) mass is 408 g/mol. The SMILES string of the molecule is CCNC(=NCCN1CCN(C(=O)C2CCC2)CC1)NCCN(C(C)C)C(C)C. The molecule has 0 aromatic carbocycles. The van der Waals surface area contributed by atoms with E-state index in [-0.39, 0.29) is 0 Å². The third-order valence-corrected chi connectivity index (χ3v) is 6.16. The fraction of sp³-hybridized carbons (Fsp3) is 0.909. The van der Waals surface area contributed by atoms with Crippen LogP contribution in [0.3, 0.4) is 0 Å². The van der Waals surface area contributed by atoms with Crippen LogP contribution in [0.1, 0.15) is 53.9 Å². The molecule has 0 spiro atoms. The van der Waals surface area contributed by atoms with Crippen molar-refractivity contribution in [2.24, 2.45) is 10.9 Å². The van der Waals surface area contributed by atoms with Crippen molar-refractivity contribution in [2.75, 3.05) is 58.9 Å². The third kappa shape index (κ3) is 7.78. The Morgan fingerprint density at radius 2 is 1.72 bits per heavy atom. The van der Waals surface area contributed by atoms with Gasteiger partial charge in [-0.05, 0) is 47.5 Å². The van der Waals surface area contributed by atoms with Gasteiger partial charge >= 0.3 is 0 Å². The van der Waals surface area contributed by atoms with Crippen LogP contribution in [0.4, 0.5) is 0 Å². The molecule has 2 aliphatic rings. The lowest BCUT2D eigenvalue weighted by Crippen LogP contribution is -2.51. The normalized spacial score (nSPS) is 19.2. The number of hydrogen-bond acceptors (Lipinski definition) is 4. The Labute approximate surface area is 178 Å². The van der Waals surface area contributed by atoms with E-state index in [1.54, 1.807) is 0 Å². The van der Waals surface area contributed by atoms with Crippen molar-refractivity contribution >= 4 is 11.9 Å². The van der Waals surface area contributed by atoms with E-state index in [1.807, 2.05) is 0 Å². The largest absolute Gasteiger partial charge is 0.357 e. The molecular formula is C22H44N6O. The van der Waals surface area contributed by atoms with Gasteiger partial charge in [0.1, 0.15) is 0 Å². The third-order valence-electron chi connectivity index (χ3n) is 6.16. The topological polar surface area (TPSA) is 63.2 Å². The summed E-state index contributed by atoms with van der Waals surface area (Å²) in [6.45, 7) is 19.3. The van der Waals surface area contributed by atoms with Crippen LogP contribution < -0.4 is 10.6 Å². The van der Waals surface area contributed by atoms with Crippen LogP contribution in [-0.4, -0.2) is 97.6 Å². The molecule has 0 bridgehead atoms. The lowest BCUT2D eigenvalue weighted by atomic mass is 9.84. The molecule has 29 heavy (non-hydrogen) atoms. The predicted octanol–water partition coefficient (Wildman–Crippen LogP) is 1.60. The fourth-order valence-corrected chi connectivity index (χ4v) is 4.17. The number of piperazine rings is 1. The summed E-state index contributed by atoms with van der Waals surface area (Å²) >= 11 is 0. The zero-order chi connectivity index (χ0) is 21.2. The molecule has 1 aliphatic heterocycles. The molecular weight excluding hydrogens is 364 g/mol. The molecule has 7 nitrogen and oxygen atoms in total. The maximum absolute atomic E-state index is 12.4. The van der Waals surface area contributed by atoms with Crippen LogP contribution in [0.2, 0.25) is 0 Å². The number of guanidine groups is 1. The zero-order valence-corrected chi connectivity index (χ0v) is 19.4. The van der Waals surface area contributed by atoms with Gasteiger partial charge in [-0.2, -0.15) is 0 Å². The number of carbonyl (C=O) groups excluding carboxylic acids is 1. The first kappa shape index (κ1) is 23.9. The second kappa shape index (κ2) is 12.4. The maximum Gasteiger partial charge on any atom is 0.225 e. The van der Waals surface area contributed by atoms with Gasteiger partial charge in [0.15, 0.2) is 5.96 Å². The van der Waals surface area contributed by atoms with E-state index in [1.165, 1.54) is 6.42 Å². The minimum atomic E-state index is 0.321. The molecule has 0 radical (unpaired) electrons. The summed E-state index contributed by atoms with van der Waals surface area (Å²) in [4.78, 5) is 24.1. The van der Waals surface area contributed by atoms with Crippen LogP contribution in [0.25, 0.3) is 0 Å². The van der Waals surface area contributed by atoms with E-state index >= 15 is 0 Å². The van der Waals surface area contributed by atoms with Crippen molar-refractivity contribution in [2.45, 2.75) is 66.0 Å². The minimum absolute atomic E-state index is 0.321. The Balaban J connectivity index is 1.68. The first-order valence-corrected chi connectivity index (χ1v) is 11.7. The molecule has 0 aromatic rings. The number of aliphatic imine (C=N–C) groups is 1. The van der Waals surface area contributed by atoms with Gasteiger partial charge < -0.3 is 15.5 Å². The Bertz CT molecular complexity index is 501. The quantitative estimate of drug-likeness (QED) is 0.425. The first-order chi connectivity index (χ1) is 13.9. The van der Waals surface area contributed by atoms with E-state index in [4.69, 9.17) is 4.99 Å². The molecule has 7 heteroatoms. The number of amides is 1. The summed E-state index contributed by atoms with van der Waals surface area (Å²) < 4.78 is 0. The number of nitrogens with one attached hydrogen (secondary N) is 2. The predicted molar refractivity (Wildman–Crippen MR) is 121 cm³/mol. The highest BCUT2D eigenvalue weighted by atomic mass is 16.2. The summed E-state index contributed by atoms with van der Waals surface area (Å²) in [6.07, 6.45) is 3.42. The smallest absolute Gasteiger partial charge is 0.225 e. The second-order valence-corrected chi connectivity index (χ2v) is 8.91. The van der Waals surface area contributed by atoms with Crippen molar-refractivity contribution < 1.29 is 4.79 Å². The van der Waals surface area contributed by atoms with E-state index in [9.17, 15) is 4.79 Å². The molecule has 1 aliphatic carbocycles. The van der Waals surface area contributed by atoms with Crippen molar-refractivity contribution in [3.8, 4) is 0 Å².